The van der Waals surface area contributed by atoms with Crippen LogP contribution in [0.25, 0.3) is 0 Å². The molecule has 1 amide bonds. The molecule has 0 N–H and O–H groups in total. The van der Waals surface area contributed by atoms with Crippen LogP contribution in [0, 0.1) is 5.92 Å². The number of likely N-dealkylation sites (tertiary alicyclic amines) is 1. The molecule has 0 spiro atoms. The Bertz CT molecular complexity index is 696. The van der Waals surface area contributed by atoms with E-state index in [9.17, 15) is 4.79 Å². The van der Waals surface area contributed by atoms with Crippen molar-refractivity contribution in [2.24, 2.45) is 5.92 Å². The summed E-state index contributed by atoms with van der Waals surface area (Å²) >= 11 is 0. The van der Waals surface area contributed by atoms with Crippen molar-refractivity contribution in [3.8, 4) is 5.75 Å². The number of carbonyl (C=O) groups excluding carboxylic acids is 1. The lowest BCUT2D eigenvalue weighted by atomic mass is 9.89. The number of nitrogens with zero attached hydrogens (tertiary/aromatic N) is 2. The summed E-state index contributed by atoms with van der Waals surface area (Å²) in [4.78, 5) is 18.9. The number of rotatable bonds is 2. The van der Waals surface area contributed by atoms with Gasteiger partial charge in [-0.2, -0.15) is 0 Å². The molecule has 0 unspecified atom stereocenters. The number of para-hydroxylation sites is 1. The van der Waals surface area contributed by atoms with Crippen LogP contribution in [0.15, 0.2) is 48.8 Å². The van der Waals surface area contributed by atoms with Crippen molar-refractivity contribution < 1.29 is 9.53 Å². The van der Waals surface area contributed by atoms with Crippen molar-refractivity contribution in [3.63, 3.8) is 0 Å². The van der Waals surface area contributed by atoms with Gasteiger partial charge in [0.2, 0.25) is 5.91 Å². The first-order chi connectivity index (χ1) is 11.3. The van der Waals surface area contributed by atoms with Gasteiger partial charge in [-0.05, 0) is 36.1 Å². The van der Waals surface area contributed by atoms with Gasteiger partial charge in [0, 0.05) is 37.3 Å². The Labute approximate surface area is 136 Å². The van der Waals surface area contributed by atoms with E-state index >= 15 is 0 Å². The average molecular weight is 308 g/mol. The van der Waals surface area contributed by atoms with Crippen LogP contribution in [0.3, 0.4) is 0 Å². The minimum Gasteiger partial charge on any atom is -0.493 e. The Kier molecular flexibility index (Phi) is 3.74. The normalized spacial score (nSPS) is 20.9. The molecule has 0 aliphatic carbocycles. The van der Waals surface area contributed by atoms with Gasteiger partial charge < -0.3 is 9.64 Å². The Morgan fingerprint density at radius 2 is 2.04 bits per heavy atom. The van der Waals surface area contributed by atoms with E-state index < -0.39 is 0 Å². The summed E-state index contributed by atoms with van der Waals surface area (Å²) in [6, 6.07) is 12.1. The number of benzene rings is 1. The van der Waals surface area contributed by atoms with Gasteiger partial charge in [0.1, 0.15) is 5.75 Å². The fourth-order valence-corrected chi connectivity index (χ4v) is 3.45. The van der Waals surface area contributed by atoms with Gasteiger partial charge in [0.05, 0.1) is 6.61 Å². The van der Waals surface area contributed by atoms with Crippen molar-refractivity contribution in [2.45, 2.75) is 18.8 Å². The maximum absolute atomic E-state index is 12.8. The van der Waals surface area contributed by atoms with Crippen molar-refractivity contribution in [3.05, 3.63) is 59.9 Å². The Hall–Kier alpha value is -2.36. The van der Waals surface area contributed by atoms with Crippen LogP contribution in [0.4, 0.5) is 0 Å². The molecule has 0 bridgehead atoms. The van der Waals surface area contributed by atoms with E-state index in [-0.39, 0.29) is 11.8 Å². The number of aromatic nitrogens is 1. The van der Waals surface area contributed by atoms with Crippen LogP contribution in [0.5, 0.6) is 5.75 Å². The molecule has 2 aromatic rings. The van der Waals surface area contributed by atoms with E-state index in [4.69, 9.17) is 4.74 Å². The topological polar surface area (TPSA) is 42.4 Å². The van der Waals surface area contributed by atoms with E-state index in [1.807, 2.05) is 35.4 Å². The van der Waals surface area contributed by atoms with Gasteiger partial charge in [0.25, 0.3) is 0 Å². The predicted octanol–water partition coefficient (Wildman–Crippen LogP) is 2.65. The lowest BCUT2D eigenvalue weighted by Gasteiger charge is -2.41. The molecule has 118 valence electrons. The number of fused-ring (bicyclic) bond motifs is 1. The first-order valence-corrected chi connectivity index (χ1v) is 8.20. The third-order valence-corrected chi connectivity index (χ3v) is 4.86. The van der Waals surface area contributed by atoms with Gasteiger partial charge in [-0.1, -0.05) is 24.3 Å². The summed E-state index contributed by atoms with van der Waals surface area (Å²) in [5, 5.41) is 0. The molecule has 0 saturated carbocycles. The highest BCUT2D eigenvalue weighted by atomic mass is 16.5. The predicted molar refractivity (Wildman–Crippen MR) is 87.3 cm³/mol. The Morgan fingerprint density at radius 3 is 2.87 bits per heavy atom. The largest absolute Gasteiger partial charge is 0.493 e. The third kappa shape index (κ3) is 2.81. The first kappa shape index (κ1) is 14.2. The second-order valence-electron chi connectivity index (χ2n) is 6.37. The van der Waals surface area contributed by atoms with E-state index in [1.165, 1.54) is 5.56 Å². The molecular formula is C19H20N2O2. The van der Waals surface area contributed by atoms with Crippen LogP contribution < -0.4 is 4.74 Å². The number of hydrogen-bond donors (Lipinski definition) is 0. The van der Waals surface area contributed by atoms with Gasteiger partial charge in [-0.3, -0.25) is 9.78 Å². The van der Waals surface area contributed by atoms with Crippen LogP contribution in [0.2, 0.25) is 0 Å². The smallest absolute Gasteiger partial charge is 0.226 e. The zero-order valence-electron chi connectivity index (χ0n) is 13.0. The minimum atomic E-state index is 0.0356. The lowest BCUT2D eigenvalue weighted by Crippen LogP contribution is -2.51. The second-order valence-corrected chi connectivity index (χ2v) is 6.37. The SMILES string of the molecule is O=C([C@H]1CCOc2ccccc2C1)N1CC(c2cccnc2)C1. The zero-order valence-corrected chi connectivity index (χ0v) is 13.0. The second kappa shape index (κ2) is 6.03. The summed E-state index contributed by atoms with van der Waals surface area (Å²) in [5.74, 6) is 1.67. The van der Waals surface area contributed by atoms with Crippen molar-refractivity contribution in [2.75, 3.05) is 19.7 Å². The summed E-state index contributed by atoms with van der Waals surface area (Å²) in [5.41, 5.74) is 2.37. The highest BCUT2D eigenvalue weighted by Crippen LogP contribution is 2.32. The molecule has 0 radical (unpaired) electrons. The third-order valence-electron chi connectivity index (χ3n) is 4.86. The monoisotopic (exact) mass is 308 g/mol. The summed E-state index contributed by atoms with van der Waals surface area (Å²) in [7, 11) is 0. The first-order valence-electron chi connectivity index (χ1n) is 8.20. The Balaban J connectivity index is 1.41. The molecule has 1 saturated heterocycles. The number of pyridine rings is 1. The molecule has 2 aliphatic heterocycles. The van der Waals surface area contributed by atoms with E-state index in [1.54, 1.807) is 6.20 Å². The summed E-state index contributed by atoms with van der Waals surface area (Å²) < 4.78 is 5.77. The van der Waals surface area contributed by atoms with E-state index in [0.717, 1.165) is 37.2 Å². The maximum Gasteiger partial charge on any atom is 0.226 e. The quantitative estimate of drug-likeness (QED) is 0.856. The molecule has 1 aromatic heterocycles. The summed E-state index contributed by atoms with van der Waals surface area (Å²) in [6.07, 6.45) is 5.26. The average Bonchev–Trinajstić information content (AvgIpc) is 2.76. The fraction of sp³-hybridized carbons (Fsp3) is 0.368. The van der Waals surface area contributed by atoms with Gasteiger partial charge in [-0.15, -0.1) is 0 Å². The molecule has 1 aromatic carbocycles. The number of ether oxygens (including phenoxy) is 1. The molecule has 4 heteroatoms. The number of carbonyl (C=O) groups is 1. The highest BCUT2D eigenvalue weighted by Gasteiger charge is 2.36. The van der Waals surface area contributed by atoms with Crippen LogP contribution in [-0.4, -0.2) is 35.5 Å². The molecule has 2 aliphatic rings. The van der Waals surface area contributed by atoms with Gasteiger partial charge >= 0.3 is 0 Å². The molecule has 23 heavy (non-hydrogen) atoms. The van der Waals surface area contributed by atoms with Crippen molar-refractivity contribution in [1.82, 2.24) is 9.88 Å². The standard InChI is InChI=1S/C19H20N2O2/c22-19(21-12-17(13-21)16-5-3-8-20-11-16)15-7-9-23-18-6-2-1-4-14(18)10-15/h1-6,8,11,15,17H,7,9-10,12-13H2/t15-/m0/s1. The minimum absolute atomic E-state index is 0.0356. The zero-order chi connectivity index (χ0) is 15.6. The highest BCUT2D eigenvalue weighted by molar-refractivity contribution is 5.80. The van der Waals surface area contributed by atoms with E-state index in [2.05, 4.69) is 17.1 Å². The fourth-order valence-electron chi connectivity index (χ4n) is 3.45. The Morgan fingerprint density at radius 1 is 1.17 bits per heavy atom. The molecule has 4 rings (SSSR count). The number of hydrogen-bond acceptors (Lipinski definition) is 3. The van der Waals surface area contributed by atoms with Gasteiger partial charge in [0.15, 0.2) is 0 Å². The molecule has 3 heterocycles. The lowest BCUT2D eigenvalue weighted by molar-refractivity contribution is -0.140. The molecule has 4 nitrogen and oxygen atoms in total. The number of amides is 1. The van der Waals surface area contributed by atoms with Crippen LogP contribution in [-0.2, 0) is 11.2 Å². The van der Waals surface area contributed by atoms with Gasteiger partial charge in [-0.25, -0.2) is 0 Å². The van der Waals surface area contributed by atoms with Crippen LogP contribution >= 0.6 is 0 Å². The maximum atomic E-state index is 12.8. The van der Waals surface area contributed by atoms with E-state index in [0.29, 0.717) is 12.5 Å². The molecule has 1 fully saturated rings. The molecular weight excluding hydrogens is 288 g/mol. The van der Waals surface area contributed by atoms with Crippen molar-refractivity contribution >= 4 is 5.91 Å². The molecule has 1 atom stereocenters. The van der Waals surface area contributed by atoms with Crippen molar-refractivity contribution in [1.29, 1.82) is 0 Å². The summed E-state index contributed by atoms with van der Waals surface area (Å²) in [6.45, 7) is 2.24. The van der Waals surface area contributed by atoms with Crippen LogP contribution in [0.1, 0.15) is 23.5 Å².